The van der Waals surface area contributed by atoms with Crippen LogP contribution in [0.25, 0.3) is 0 Å². The van der Waals surface area contributed by atoms with E-state index in [1.165, 1.54) is 0 Å². The third kappa shape index (κ3) is 2.82. The van der Waals surface area contributed by atoms with Gasteiger partial charge in [0.05, 0.1) is 11.7 Å². The number of carbonyl (C=O) groups excluding carboxylic acids is 1. The second kappa shape index (κ2) is 4.88. The number of aliphatic carboxylic acids is 1. The number of hydrogen-bond donors (Lipinski definition) is 0. The molecule has 0 aromatic rings. The van der Waals surface area contributed by atoms with Gasteiger partial charge in [0.1, 0.15) is 0 Å². The quantitative estimate of drug-likeness (QED) is 0.361. The van der Waals surface area contributed by atoms with Crippen LogP contribution in [0.3, 0.4) is 0 Å². The summed E-state index contributed by atoms with van der Waals surface area (Å²) in [7, 11) is 0. The van der Waals surface area contributed by atoms with Crippen LogP contribution in [-0.2, 0) is 4.79 Å². The molecule has 0 bridgehead atoms. The number of nitrogens with zero attached hydrogens (tertiary/aromatic N) is 1. The van der Waals surface area contributed by atoms with E-state index in [0.29, 0.717) is 13.0 Å². The van der Waals surface area contributed by atoms with Gasteiger partial charge in [0.25, 0.3) is 0 Å². The summed E-state index contributed by atoms with van der Waals surface area (Å²) < 4.78 is 0. The first-order valence-electron chi connectivity index (χ1n) is 3.05. The van der Waals surface area contributed by atoms with Crippen molar-refractivity contribution < 1.29 is 39.5 Å². The molecule has 4 heteroatoms. The zero-order valence-corrected chi connectivity index (χ0v) is 8.09. The SMILES string of the molecule is O=C([O-])C1=NCCCC1.[Na+]. The molecule has 0 N–H and O–H groups in total. The van der Waals surface area contributed by atoms with Crippen LogP contribution in [0.15, 0.2) is 4.99 Å². The fourth-order valence-electron chi connectivity index (χ4n) is 0.864. The van der Waals surface area contributed by atoms with E-state index in [-0.39, 0.29) is 35.3 Å². The van der Waals surface area contributed by atoms with Crippen LogP contribution in [0.5, 0.6) is 0 Å². The number of hydrogen-bond acceptors (Lipinski definition) is 3. The van der Waals surface area contributed by atoms with Gasteiger partial charge in [-0.05, 0) is 19.3 Å². The van der Waals surface area contributed by atoms with Crippen molar-refractivity contribution in [1.82, 2.24) is 0 Å². The molecule has 1 rings (SSSR count). The summed E-state index contributed by atoms with van der Waals surface area (Å²) in [6, 6.07) is 0. The molecule has 1 aliphatic rings. The molecule has 0 radical (unpaired) electrons. The molecular weight excluding hydrogens is 141 g/mol. The summed E-state index contributed by atoms with van der Waals surface area (Å²) in [6.07, 6.45) is 2.53. The van der Waals surface area contributed by atoms with Gasteiger partial charge in [-0.3, -0.25) is 4.99 Å². The number of aliphatic imine (C=N–C) groups is 1. The van der Waals surface area contributed by atoms with Crippen molar-refractivity contribution in [1.29, 1.82) is 0 Å². The molecule has 3 nitrogen and oxygen atoms in total. The Labute approximate surface area is 81.8 Å². The molecule has 0 atom stereocenters. The van der Waals surface area contributed by atoms with E-state index >= 15 is 0 Å². The third-order valence-electron chi connectivity index (χ3n) is 1.36. The summed E-state index contributed by atoms with van der Waals surface area (Å²) in [5, 5.41) is 10.1. The second-order valence-electron chi connectivity index (χ2n) is 2.07. The minimum absolute atomic E-state index is 0. The van der Waals surface area contributed by atoms with Crippen LogP contribution < -0.4 is 34.7 Å². The summed E-state index contributed by atoms with van der Waals surface area (Å²) >= 11 is 0. The minimum Gasteiger partial charge on any atom is -0.544 e. The van der Waals surface area contributed by atoms with E-state index in [1.807, 2.05) is 0 Å². The Hall–Kier alpha value is 0.140. The van der Waals surface area contributed by atoms with Gasteiger partial charge >= 0.3 is 29.6 Å². The Morgan fingerprint density at radius 3 is 2.50 bits per heavy atom. The third-order valence-corrected chi connectivity index (χ3v) is 1.36. The van der Waals surface area contributed by atoms with Gasteiger partial charge in [0.15, 0.2) is 0 Å². The number of carboxylic acid groups (broad SMARTS) is 1. The summed E-state index contributed by atoms with van der Waals surface area (Å²) in [6.45, 7) is 0.656. The Balaban J connectivity index is 0.000000810. The molecule has 0 aliphatic carbocycles. The molecule has 0 unspecified atom stereocenters. The average molecular weight is 149 g/mol. The van der Waals surface area contributed by atoms with Crippen LogP contribution >= 0.6 is 0 Å². The monoisotopic (exact) mass is 149 g/mol. The number of carbonyl (C=O) groups is 1. The molecule has 0 aromatic carbocycles. The summed E-state index contributed by atoms with van der Waals surface area (Å²) in [5.74, 6) is -1.10. The van der Waals surface area contributed by atoms with Crippen LogP contribution in [0.2, 0.25) is 0 Å². The van der Waals surface area contributed by atoms with E-state index in [4.69, 9.17) is 0 Å². The smallest absolute Gasteiger partial charge is 0.544 e. The van der Waals surface area contributed by atoms with Gasteiger partial charge in [0, 0.05) is 6.54 Å². The van der Waals surface area contributed by atoms with Crippen molar-refractivity contribution in [2.24, 2.45) is 4.99 Å². The van der Waals surface area contributed by atoms with Crippen LogP contribution in [-0.4, -0.2) is 18.2 Å². The van der Waals surface area contributed by atoms with Crippen molar-refractivity contribution in [3.05, 3.63) is 0 Å². The van der Waals surface area contributed by atoms with Crippen molar-refractivity contribution in [2.45, 2.75) is 19.3 Å². The maximum absolute atomic E-state index is 10.1. The number of rotatable bonds is 1. The first-order valence-corrected chi connectivity index (χ1v) is 3.05. The van der Waals surface area contributed by atoms with Crippen molar-refractivity contribution in [3.63, 3.8) is 0 Å². The van der Waals surface area contributed by atoms with Gasteiger partial charge < -0.3 is 9.90 Å². The fraction of sp³-hybridized carbons (Fsp3) is 0.667. The van der Waals surface area contributed by atoms with Crippen LogP contribution in [0.1, 0.15) is 19.3 Å². The Morgan fingerprint density at radius 1 is 1.50 bits per heavy atom. The molecule has 10 heavy (non-hydrogen) atoms. The van der Waals surface area contributed by atoms with Crippen LogP contribution in [0, 0.1) is 0 Å². The molecule has 0 saturated carbocycles. The van der Waals surface area contributed by atoms with Gasteiger partial charge in [-0.2, -0.15) is 0 Å². The first kappa shape index (κ1) is 10.1. The molecule has 0 aromatic heterocycles. The van der Waals surface area contributed by atoms with E-state index in [1.54, 1.807) is 0 Å². The van der Waals surface area contributed by atoms with E-state index < -0.39 is 5.97 Å². The zero-order valence-electron chi connectivity index (χ0n) is 6.09. The molecule has 0 spiro atoms. The van der Waals surface area contributed by atoms with Crippen molar-refractivity contribution in [2.75, 3.05) is 6.54 Å². The summed E-state index contributed by atoms with van der Waals surface area (Å²) in [5.41, 5.74) is 0.237. The Morgan fingerprint density at radius 2 is 2.20 bits per heavy atom. The fourth-order valence-corrected chi connectivity index (χ4v) is 0.864. The van der Waals surface area contributed by atoms with Gasteiger partial charge in [-0.25, -0.2) is 0 Å². The molecule has 50 valence electrons. The largest absolute Gasteiger partial charge is 1.00 e. The Kier molecular flexibility index (Phi) is 4.95. The van der Waals surface area contributed by atoms with Gasteiger partial charge in [-0.1, -0.05) is 0 Å². The second-order valence-corrected chi connectivity index (χ2v) is 2.07. The van der Waals surface area contributed by atoms with Gasteiger partial charge in [-0.15, -0.1) is 0 Å². The van der Waals surface area contributed by atoms with E-state index in [9.17, 15) is 9.90 Å². The topological polar surface area (TPSA) is 52.5 Å². The van der Waals surface area contributed by atoms with E-state index in [0.717, 1.165) is 12.8 Å². The Bertz CT molecular complexity index is 156. The van der Waals surface area contributed by atoms with Crippen molar-refractivity contribution in [3.8, 4) is 0 Å². The molecule has 1 heterocycles. The maximum Gasteiger partial charge on any atom is 1.00 e. The standard InChI is InChI=1S/C6H9NO2.Na/c8-6(9)5-3-1-2-4-7-5;/h1-4H2,(H,8,9);/q;+1/p-1. The van der Waals surface area contributed by atoms with Gasteiger partial charge in [0.2, 0.25) is 0 Å². The average Bonchev–Trinajstić information content (AvgIpc) is 1.90. The molecular formula is C6H8NNaO2. The molecule has 0 saturated heterocycles. The zero-order chi connectivity index (χ0) is 6.69. The summed E-state index contributed by atoms with van der Waals surface area (Å²) in [4.78, 5) is 13.9. The van der Waals surface area contributed by atoms with E-state index in [2.05, 4.69) is 4.99 Å². The minimum atomic E-state index is -1.10. The van der Waals surface area contributed by atoms with Crippen molar-refractivity contribution >= 4 is 11.7 Å². The molecule has 0 fully saturated rings. The first-order chi connectivity index (χ1) is 4.30. The van der Waals surface area contributed by atoms with Crippen LogP contribution in [0.4, 0.5) is 0 Å². The molecule has 0 amide bonds. The maximum atomic E-state index is 10.1. The predicted molar refractivity (Wildman–Crippen MR) is 31.2 cm³/mol. The normalized spacial score (nSPS) is 17.0. The molecule has 1 aliphatic heterocycles. The number of carboxylic acids is 1. The predicted octanol–water partition coefficient (Wildman–Crippen LogP) is -3.63.